The predicted octanol–water partition coefficient (Wildman–Crippen LogP) is -0.564. The van der Waals surface area contributed by atoms with Crippen LogP contribution >= 0.6 is 20.7 Å². The number of allylic oxidation sites excluding steroid dienone is 2. The average Bonchev–Trinajstić information content (AvgIpc) is 2.70. The molecule has 0 spiro atoms. The lowest BCUT2D eigenvalue weighted by Gasteiger charge is -2.27. The van der Waals surface area contributed by atoms with E-state index in [9.17, 15) is 29.6 Å². The van der Waals surface area contributed by atoms with Crippen molar-refractivity contribution in [1.29, 1.82) is 0 Å². The lowest BCUT2D eigenvalue weighted by Crippen LogP contribution is -2.48. The van der Waals surface area contributed by atoms with Crippen LogP contribution in [-0.2, 0) is 14.4 Å². The van der Waals surface area contributed by atoms with Crippen LogP contribution in [0.4, 0.5) is 0 Å². The number of likely N-dealkylation sites (N-methyl/N-ethyl adjacent to an activating group) is 1. The van der Waals surface area contributed by atoms with Crippen LogP contribution in [0.5, 0.6) is 0 Å². The molecular weight excluding hydrogens is 433 g/mol. The van der Waals surface area contributed by atoms with E-state index >= 15 is 0 Å². The van der Waals surface area contributed by atoms with Crippen LogP contribution in [0, 0.1) is 10.1 Å². The molecular formula is C14H16IN3O6. The number of alkyl halides is 1. The van der Waals surface area contributed by atoms with E-state index in [4.69, 9.17) is 0 Å². The van der Waals surface area contributed by atoms with Crippen molar-refractivity contribution >= 4 is 42.8 Å². The Hall–Kier alpha value is -1.79. The number of rotatable bonds is 6. The smallest absolute Gasteiger partial charge is 0.269 e. The summed E-state index contributed by atoms with van der Waals surface area (Å²) in [6.45, 7) is 1.41. The van der Waals surface area contributed by atoms with Crippen molar-refractivity contribution in [3.8, 4) is 0 Å². The van der Waals surface area contributed by atoms with Crippen LogP contribution in [0.1, 0.15) is 6.92 Å². The van der Waals surface area contributed by atoms with Crippen LogP contribution in [0.25, 0.3) is 0 Å². The number of fused-ring (bicyclic) bond motifs is 1. The lowest BCUT2D eigenvalue weighted by atomic mass is 10.1. The fourth-order valence-electron chi connectivity index (χ4n) is 2.36. The van der Waals surface area contributed by atoms with Gasteiger partial charge in [-0.3, -0.25) is 29.5 Å². The van der Waals surface area contributed by atoms with Gasteiger partial charge in [0, 0.05) is 6.54 Å². The molecule has 24 heavy (non-hydrogen) atoms. The molecule has 10 heteroatoms. The third kappa shape index (κ3) is 3.35. The summed E-state index contributed by atoms with van der Waals surface area (Å²) in [5.74, 6) is -1.54. The summed E-state index contributed by atoms with van der Waals surface area (Å²) in [4.78, 5) is 49.3. The number of likely N-dealkylation sites (tertiary alicyclic amines) is 1. The van der Waals surface area contributed by atoms with Crippen LogP contribution in [0.3, 0.4) is 0 Å². The standard InChI is InChI=1S/C14H16IN3O6/c1-8(20)16(2)6-9(7-19)17-13(21)10-3-4-15-5-11(18(23)24)12(10)14(17)22/h3-4,7-9,20H,5-6H2,1-2H3. The number of hydrogen-bond donors (Lipinski definition) is 1. The van der Waals surface area contributed by atoms with E-state index in [-0.39, 0.29) is 27.8 Å². The van der Waals surface area contributed by atoms with Gasteiger partial charge in [-0.1, -0.05) is 0 Å². The molecule has 1 N–H and O–H groups in total. The average molecular weight is 449 g/mol. The number of aliphatic hydroxyl groups excluding tert-OH is 1. The number of amides is 2. The molecule has 2 rings (SSSR count). The van der Waals surface area contributed by atoms with Crippen molar-refractivity contribution in [3.05, 3.63) is 33.0 Å². The number of halogens is 1. The van der Waals surface area contributed by atoms with Gasteiger partial charge >= 0.3 is 0 Å². The second kappa shape index (κ2) is 7.40. The fourth-order valence-corrected chi connectivity index (χ4v) is 4.31. The minimum atomic E-state index is -1.13. The molecule has 0 saturated carbocycles. The van der Waals surface area contributed by atoms with Crippen molar-refractivity contribution in [3.63, 3.8) is 0 Å². The maximum Gasteiger partial charge on any atom is 0.269 e. The Bertz CT molecular complexity index is 697. The SMILES string of the molecule is CC(O)N(C)CC(C=O)N1C(=O)C2=CC=ICC([N+](=O)[O-])=C2C1=O. The highest BCUT2D eigenvalue weighted by Crippen LogP contribution is 2.32. The van der Waals surface area contributed by atoms with Gasteiger partial charge in [-0.2, -0.15) is 0 Å². The zero-order chi connectivity index (χ0) is 18.0. The highest BCUT2D eigenvalue weighted by atomic mass is 127. The number of aldehydes is 1. The third-order valence-electron chi connectivity index (χ3n) is 3.78. The van der Waals surface area contributed by atoms with Gasteiger partial charge in [0.2, 0.25) is 0 Å². The van der Waals surface area contributed by atoms with Crippen LogP contribution < -0.4 is 0 Å². The molecule has 2 atom stereocenters. The first kappa shape index (κ1) is 18.5. The van der Waals surface area contributed by atoms with Crippen LogP contribution in [0.15, 0.2) is 22.9 Å². The fraction of sp³-hybridized carbons (Fsp3) is 0.429. The van der Waals surface area contributed by atoms with Gasteiger partial charge in [0.15, 0.2) is 0 Å². The molecule has 2 heterocycles. The summed E-state index contributed by atoms with van der Waals surface area (Å²) in [5, 5.41) is 20.8. The lowest BCUT2D eigenvalue weighted by molar-refractivity contribution is -0.423. The van der Waals surface area contributed by atoms with Gasteiger partial charge in [0.1, 0.15) is 24.1 Å². The van der Waals surface area contributed by atoms with E-state index in [1.54, 1.807) is 4.01 Å². The molecule has 0 radical (unpaired) electrons. The molecule has 0 aromatic heterocycles. The van der Waals surface area contributed by atoms with Crippen LogP contribution in [-0.4, -0.2) is 72.2 Å². The molecule has 1 fully saturated rings. The highest BCUT2D eigenvalue weighted by molar-refractivity contribution is 14.2. The molecule has 9 nitrogen and oxygen atoms in total. The Balaban J connectivity index is 2.46. The summed E-state index contributed by atoms with van der Waals surface area (Å²) in [6.07, 6.45) is 1.000. The number of hydrogen-bond acceptors (Lipinski definition) is 7. The first-order valence-electron chi connectivity index (χ1n) is 7.00. The molecule has 2 aliphatic heterocycles. The molecule has 2 unspecified atom stereocenters. The summed E-state index contributed by atoms with van der Waals surface area (Å²) >= 11 is -0.644. The second-order valence-electron chi connectivity index (χ2n) is 5.33. The zero-order valence-corrected chi connectivity index (χ0v) is 15.2. The van der Waals surface area contributed by atoms with E-state index < -0.39 is 49.7 Å². The molecule has 0 aliphatic carbocycles. The summed E-state index contributed by atoms with van der Waals surface area (Å²) < 4.78 is 1.85. The molecule has 2 aliphatic rings. The second-order valence-corrected chi connectivity index (χ2v) is 7.69. The van der Waals surface area contributed by atoms with Crippen molar-refractivity contribution in [2.24, 2.45) is 0 Å². The third-order valence-corrected chi connectivity index (χ3v) is 5.82. The maximum absolute atomic E-state index is 12.6. The van der Waals surface area contributed by atoms with Gasteiger partial charge < -0.3 is 9.90 Å². The largest absolute Gasteiger partial charge is 0.379 e. The summed E-state index contributed by atoms with van der Waals surface area (Å²) in [5.41, 5.74) is -0.516. The summed E-state index contributed by atoms with van der Waals surface area (Å²) in [6, 6.07) is -1.13. The van der Waals surface area contributed by atoms with Gasteiger partial charge in [0.05, 0.1) is 14.9 Å². The predicted molar refractivity (Wildman–Crippen MR) is 93.1 cm³/mol. The molecule has 130 valence electrons. The Morgan fingerprint density at radius 2 is 2.17 bits per heavy atom. The van der Waals surface area contributed by atoms with Crippen molar-refractivity contribution in [1.82, 2.24) is 9.80 Å². The summed E-state index contributed by atoms with van der Waals surface area (Å²) in [7, 11) is 1.53. The van der Waals surface area contributed by atoms with Gasteiger partial charge in [-0.15, -0.1) is 20.7 Å². The molecule has 0 bridgehead atoms. The Kier molecular flexibility index (Phi) is 5.72. The van der Waals surface area contributed by atoms with Crippen molar-refractivity contribution in [2.75, 3.05) is 18.0 Å². The van der Waals surface area contributed by atoms with Gasteiger partial charge in [0.25, 0.3) is 17.5 Å². The minimum absolute atomic E-state index is 0.0320. The van der Waals surface area contributed by atoms with E-state index in [0.717, 1.165) is 4.90 Å². The van der Waals surface area contributed by atoms with E-state index in [1.807, 2.05) is 0 Å². The molecule has 0 aromatic rings. The Morgan fingerprint density at radius 1 is 1.50 bits per heavy atom. The first-order chi connectivity index (χ1) is 11.3. The first-order valence-corrected chi connectivity index (χ1v) is 9.77. The van der Waals surface area contributed by atoms with Crippen molar-refractivity contribution < 1.29 is 24.4 Å². The number of nitrogens with zero attached hydrogens (tertiary/aromatic N) is 3. The Morgan fingerprint density at radius 3 is 2.71 bits per heavy atom. The quantitative estimate of drug-likeness (QED) is 0.110. The number of carbonyl (C=O) groups excluding carboxylic acids is 3. The number of imide groups is 1. The monoisotopic (exact) mass is 449 g/mol. The Labute approximate surface area is 147 Å². The number of aliphatic hydroxyl groups is 1. The topological polar surface area (TPSA) is 121 Å². The van der Waals surface area contributed by atoms with E-state index in [0.29, 0.717) is 6.29 Å². The van der Waals surface area contributed by atoms with Gasteiger partial charge in [-0.25, -0.2) is 0 Å². The minimum Gasteiger partial charge on any atom is -0.379 e. The van der Waals surface area contributed by atoms with E-state index in [1.165, 1.54) is 24.9 Å². The highest BCUT2D eigenvalue weighted by Gasteiger charge is 2.47. The van der Waals surface area contributed by atoms with E-state index in [2.05, 4.69) is 0 Å². The molecule has 2 amide bonds. The van der Waals surface area contributed by atoms with Crippen molar-refractivity contribution in [2.45, 2.75) is 19.2 Å². The number of carbonyl (C=O) groups is 3. The number of nitro groups is 1. The normalized spacial score (nSPS) is 20.3. The molecule has 0 aromatic carbocycles. The maximum atomic E-state index is 12.6. The van der Waals surface area contributed by atoms with Crippen LogP contribution in [0.2, 0.25) is 0 Å². The van der Waals surface area contributed by atoms with Gasteiger partial charge in [-0.05, 0) is 24.1 Å². The zero-order valence-electron chi connectivity index (χ0n) is 13.0. The molecule has 1 saturated heterocycles.